The first-order valence-electron chi connectivity index (χ1n) is 11.8. The first-order valence-corrected chi connectivity index (χ1v) is 11.8. The van der Waals surface area contributed by atoms with Crippen molar-refractivity contribution in [1.82, 2.24) is 0 Å². The maximum Gasteiger partial charge on any atom is 0.338 e. The van der Waals surface area contributed by atoms with E-state index in [0.717, 1.165) is 11.1 Å². The van der Waals surface area contributed by atoms with Crippen LogP contribution in [0.3, 0.4) is 0 Å². The fraction of sp³-hybridized carbons (Fsp3) is 0.464. The Morgan fingerprint density at radius 3 is 1.89 bits per heavy atom. The van der Waals surface area contributed by atoms with E-state index in [1.807, 2.05) is 26.0 Å². The molecule has 0 aliphatic heterocycles. The lowest BCUT2D eigenvalue weighted by Crippen LogP contribution is -2.37. The second-order valence-corrected chi connectivity index (χ2v) is 9.16. The third kappa shape index (κ3) is 4.69. The predicted molar refractivity (Wildman–Crippen MR) is 137 cm³/mol. The number of benzene rings is 2. The monoisotopic (exact) mass is 500 g/mol. The minimum Gasteiger partial charge on any atom is -0.493 e. The predicted octanol–water partition coefficient (Wildman–Crippen LogP) is 4.75. The first kappa shape index (κ1) is 27.2. The Bertz CT molecular complexity index is 1180. The number of carbonyl (C=O) groups is 1. The van der Waals surface area contributed by atoms with Gasteiger partial charge in [-0.15, -0.1) is 0 Å². The van der Waals surface area contributed by atoms with Gasteiger partial charge in [-0.1, -0.05) is 13.0 Å². The van der Waals surface area contributed by atoms with E-state index in [0.29, 0.717) is 52.5 Å². The smallest absolute Gasteiger partial charge is 0.338 e. The Hall–Kier alpha value is -3.39. The second kappa shape index (κ2) is 10.7. The van der Waals surface area contributed by atoms with Crippen molar-refractivity contribution in [1.29, 1.82) is 0 Å². The van der Waals surface area contributed by atoms with Crippen LogP contribution in [0, 0.1) is 5.92 Å². The highest BCUT2D eigenvalue weighted by Gasteiger charge is 2.38. The van der Waals surface area contributed by atoms with Crippen LogP contribution in [0.2, 0.25) is 0 Å². The van der Waals surface area contributed by atoms with Gasteiger partial charge in [0, 0.05) is 23.1 Å². The van der Waals surface area contributed by atoms with Crippen LogP contribution >= 0.6 is 0 Å². The molecule has 1 N–H and O–H groups in total. The molecule has 0 spiro atoms. The summed E-state index contributed by atoms with van der Waals surface area (Å²) in [6.07, 6.45) is 2.46. The quantitative estimate of drug-likeness (QED) is 0.331. The maximum atomic E-state index is 13.0. The van der Waals surface area contributed by atoms with Crippen LogP contribution in [-0.4, -0.2) is 52.2 Å². The van der Waals surface area contributed by atoms with Gasteiger partial charge in [0.2, 0.25) is 11.5 Å². The van der Waals surface area contributed by atoms with Gasteiger partial charge in [-0.05, 0) is 56.4 Å². The molecule has 0 heterocycles. The zero-order valence-electron chi connectivity index (χ0n) is 22.5. The molecule has 3 rings (SSSR count). The van der Waals surface area contributed by atoms with E-state index >= 15 is 0 Å². The first-order chi connectivity index (χ1) is 17.1. The van der Waals surface area contributed by atoms with Crippen molar-refractivity contribution >= 4 is 5.97 Å². The van der Waals surface area contributed by atoms with Gasteiger partial charge in [-0.2, -0.15) is 0 Å². The van der Waals surface area contributed by atoms with E-state index in [1.54, 1.807) is 27.0 Å². The van der Waals surface area contributed by atoms with Crippen molar-refractivity contribution in [2.45, 2.75) is 46.1 Å². The lowest BCUT2D eigenvalue weighted by atomic mass is 9.75. The summed E-state index contributed by atoms with van der Waals surface area (Å²) in [5.41, 5.74) is 2.17. The summed E-state index contributed by atoms with van der Waals surface area (Å²) in [6, 6.07) is 3.68. The molecule has 2 aromatic rings. The van der Waals surface area contributed by atoms with Crippen molar-refractivity contribution in [3.05, 3.63) is 34.9 Å². The van der Waals surface area contributed by atoms with E-state index in [9.17, 15) is 9.90 Å². The molecule has 8 nitrogen and oxygen atoms in total. The van der Waals surface area contributed by atoms with Crippen LogP contribution in [0.4, 0.5) is 0 Å². The van der Waals surface area contributed by atoms with Crippen LogP contribution in [-0.2, 0) is 17.6 Å². The van der Waals surface area contributed by atoms with Gasteiger partial charge in [-0.25, -0.2) is 4.79 Å². The number of esters is 1. The molecule has 2 unspecified atom stereocenters. The van der Waals surface area contributed by atoms with Gasteiger partial charge in [-0.3, -0.25) is 0 Å². The fourth-order valence-electron chi connectivity index (χ4n) is 4.57. The van der Waals surface area contributed by atoms with Crippen LogP contribution in [0.15, 0.2) is 23.8 Å². The van der Waals surface area contributed by atoms with Crippen LogP contribution < -0.4 is 28.4 Å². The number of fused-ring (bicyclic) bond motifs is 3. The van der Waals surface area contributed by atoms with Crippen molar-refractivity contribution in [2.75, 3.05) is 35.5 Å². The molecule has 2 aromatic carbocycles. The Labute approximate surface area is 212 Å². The average molecular weight is 501 g/mol. The summed E-state index contributed by atoms with van der Waals surface area (Å²) in [5, 5.41) is 11.5. The van der Waals surface area contributed by atoms with Crippen LogP contribution in [0.5, 0.6) is 34.5 Å². The van der Waals surface area contributed by atoms with Crippen molar-refractivity contribution in [3.8, 4) is 45.6 Å². The normalized spacial score (nSPS) is 19.3. The van der Waals surface area contributed by atoms with Crippen molar-refractivity contribution in [3.63, 3.8) is 0 Å². The Balaban J connectivity index is 2.56. The Morgan fingerprint density at radius 2 is 1.39 bits per heavy atom. The molecule has 0 aromatic heterocycles. The molecular weight excluding hydrogens is 464 g/mol. The molecule has 36 heavy (non-hydrogen) atoms. The van der Waals surface area contributed by atoms with E-state index in [1.165, 1.54) is 28.4 Å². The summed E-state index contributed by atoms with van der Waals surface area (Å²) in [4.78, 5) is 13.0. The van der Waals surface area contributed by atoms with Gasteiger partial charge in [0.15, 0.2) is 23.0 Å². The van der Waals surface area contributed by atoms with Gasteiger partial charge in [0.1, 0.15) is 0 Å². The summed E-state index contributed by atoms with van der Waals surface area (Å²) in [5.74, 6) is 1.46. The summed E-state index contributed by atoms with van der Waals surface area (Å²) < 4.78 is 34.5. The van der Waals surface area contributed by atoms with Gasteiger partial charge in [0.25, 0.3) is 0 Å². The van der Waals surface area contributed by atoms with Gasteiger partial charge >= 0.3 is 5.97 Å². The minimum atomic E-state index is -1.05. The number of hydrogen-bond acceptors (Lipinski definition) is 8. The molecule has 0 bridgehead atoms. The zero-order valence-corrected chi connectivity index (χ0v) is 22.5. The third-order valence-electron chi connectivity index (χ3n) is 6.96. The number of aliphatic hydroxyl groups is 1. The molecule has 0 saturated carbocycles. The summed E-state index contributed by atoms with van der Waals surface area (Å²) in [6.45, 7) is 7.25. The zero-order chi connectivity index (χ0) is 26.8. The number of allylic oxidation sites excluding steroid dienone is 1. The second-order valence-electron chi connectivity index (χ2n) is 9.16. The van der Waals surface area contributed by atoms with Crippen LogP contribution in [0.25, 0.3) is 11.1 Å². The molecular formula is C28H36O8. The molecule has 2 atom stereocenters. The van der Waals surface area contributed by atoms with E-state index in [4.69, 9.17) is 28.4 Å². The number of rotatable bonds is 7. The van der Waals surface area contributed by atoms with Gasteiger partial charge in [0.05, 0.1) is 41.2 Å². The Morgan fingerprint density at radius 1 is 0.889 bits per heavy atom. The highest BCUT2D eigenvalue weighted by Crippen LogP contribution is 2.56. The fourth-order valence-corrected chi connectivity index (χ4v) is 4.57. The third-order valence-corrected chi connectivity index (χ3v) is 6.96. The topological polar surface area (TPSA) is 92.7 Å². The molecule has 1 aliphatic rings. The van der Waals surface area contributed by atoms with E-state index in [2.05, 4.69) is 0 Å². The van der Waals surface area contributed by atoms with Crippen molar-refractivity contribution < 1.29 is 38.3 Å². The van der Waals surface area contributed by atoms with E-state index in [-0.39, 0.29) is 17.4 Å². The number of ether oxygens (including phenoxy) is 6. The largest absolute Gasteiger partial charge is 0.493 e. The summed E-state index contributed by atoms with van der Waals surface area (Å²) >= 11 is 0. The standard InChI is InChI=1S/C28H36O8/c1-10-15(2)27(29)36-26-21-17(12-19(31-5)24(26)34-8)11-16(3)28(4,30)14-18-13-20(32-6)23(33-7)25(35-9)22(18)21/h10,12-13,16,30H,11,14H2,1-9H3/b15-10-. The molecule has 0 radical (unpaired) electrons. The molecule has 196 valence electrons. The number of methoxy groups -OCH3 is 5. The molecule has 0 amide bonds. The molecule has 8 heteroatoms. The minimum absolute atomic E-state index is 0.151. The summed E-state index contributed by atoms with van der Waals surface area (Å²) in [7, 11) is 7.63. The van der Waals surface area contributed by atoms with E-state index < -0.39 is 11.6 Å². The lowest BCUT2D eigenvalue weighted by Gasteiger charge is -2.36. The molecule has 0 saturated heterocycles. The molecule has 1 aliphatic carbocycles. The highest BCUT2D eigenvalue weighted by molar-refractivity contribution is 5.94. The van der Waals surface area contributed by atoms with Gasteiger partial charge < -0.3 is 33.5 Å². The highest BCUT2D eigenvalue weighted by atomic mass is 16.6. The lowest BCUT2D eigenvalue weighted by molar-refractivity contribution is -0.130. The van der Waals surface area contributed by atoms with Crippen LogP contribution in [0.1, 0.15) is 38.8 Å². The number of carbonyl (C=O) groups excluding carboxylic acids is 1. The number of hydrogen-bond donors (Lipinski definition) is 1. The maximum absolute atomic E-state index is 13.0. The Kier molecular flexibility index (Phi) is 8.09. The SMILES string of the molecule is C/C=C(/C)C(=O)Oc1c(OC)c(OC)cc2c1-c1c(cc(OC)c(OC)c1OC)CC(C)(O)C(C)C2. The average Bonchev–Trinajstić information content (AvgIpc) is 2.86. The van der Waals surface area contributed by atoms with Crippen molar-refractivity contribution in [2.24, 2.45) is 5.92 Å². The molecule has 0 fully saturated rings.